The molecule has 0 aliphatic carbocycles. The van der Waals surface area contributed by atoms with Gasteiger partial charge in [0, 0.05) is 25.4 Å². The van der Waals surface area contributed by atoms with Crippen LogP contribution in [0.3, 0.4) is 0 Å². The van der Waals surface area contributed by atoms with Gasteiger partial charge in [0.25, 0.3) is 0 Å². The third kappa shape index (κ3) is 3.96. The van der Waals surface area contributed by atoms with Gasteiger partial charge in [0.05, 0.1) is 0 Å². The molecule has 1 aliphatic rings. The molecule has 94 valence electrons. The van der Waals surface area contributed by atoms with Crippen molar-refractivity contribution in [3.05, 3.63) is 18.2 Å². The Morgan fingerprint density at radius 3 is 2.94 bits per heavy atom. The van der Waals surface area contributed by atoms with Gasteiger partial charge in [-0.25, -0.2) is 4.98 Å². The number of rotatable bonds is 3. The molecular formula is C11H21Cl2N3. The van der Waals surface area contributed by atoms with Gasteiger partial charge >= 0.3 is 0 Å². The lowest BCUT2D eigenvalue weighted by atomic mass is 10.00. The quantitative estimate of drug-likeness (QED) is 0.909. The minimum absolute atomic E-state index is 0. The fourth-order valence-corrected chi connectivity index (χ4v) is 2.18. The van der Waals surface area contributed by atoms with E-state index in [1.54, 1.807) is 0 Å². The fraction of sp³-hybridized carbons (Fsp3) is 0.727. The lowest BCUT2D eigenvalue weighted by Crippen LogP contribution is -2.32. The zero-order chi connectivity index (χ0) is 9.80. The Morgan fingerprint density at radius 2 is 2.31 bits per heavy atom. The minimum Gasteiger partial charge on any atom is -0.335 e. The van der Waals surface area contributed by atoms with Crippen molar-refractivity contribution in [3.8, 4) is 0 Å². The third-order valence-electron chi connectivity index (χ3n) is 2.97. The average Bonchev–Trinajstić information content (AvgIpc) is 2.67. The van der Waals surface area contributed by atoms with Crippen LogP contribution in [0.5, 0.6) is 0 Å². The summed E-state index contributed by atoms with van der Waals surface area (Å²) >= 11 is 0. The zero-order valence-electron chi connectivity index (χ0n) is 9.69. The Balaban J connectivity index is 0.00000112. The predicted octanol–water partition coefficient (Wildman–Crippen LogP) is 2.29. The molecule has 0 bridgehead atoms. The Kier molecular flexibility index (Phi) is 7.81. The molecule has 0 radical (unpaired) electrons. The molecule has 1 aromatic rings. The maximum absolute atomic E-state index is 4.34. The first-order valence-corrected chi connectivity index (χ1v) is 5.61. The molecule has 5 heteroatoms. The van der Waals surface area contributed by atoms with E-state index in [1.165, 1.54) is 31.8 Å². The summed E-state index contributed by atoms with van der Waals surface area (Å²) in [6.45, 7) is 5.66. The summed E-state index contributed by atoms with van der Waals surface area (Å²) in [5.41, 5.74) is 0. The molecule has 1 N–H and O–H groups in total. The number of imidazole rings is 1. The number of aryl methyl sites for hydroxylation is 1. The molecule has 0 aromatic carbocycles. The largest absolute Gasteiger partial charge is 0.335 e. The Morgan fingerprint density at radius 1 is 1.50 bits per heavy atom. The Hall–Kier alpha value is -0.250. The van der Waals surface area contributed by atoms with Crippen molar-refractivity contribution in [2.45, 2.75) is 32.7 Å². The summed E-state index contributed by atoms with van der Waals surface area (Å²) in [5, 5.41) is 3.45. The lowest BCUT2D eigenvalue weighted by Gasteiger charge is -2.23. The topological polar surface area (TPSA) is 29.9 Å². The SMILES string of the molecule is CCc1nccn1C[C@@H]1CCCNC1.Cl.Cl. The molecule has 16 heavy (non-hydrogen) atoms. The van der Waals surface area contributed by atoms with Crippen LogP contribution in [-0.4, -0.2) is 22.6 Å². The number of halogens is 2. The maximum atomic E-state index is 4.34. The van der Waals surface area contributed by atoms with Crippen LogP contribution in [0.15, 0.2) is 12.4 Å². The van der Waals surface area contributed by atoms with E-state index in [9.17, 15) is 0 Å². The summed E-state index contributed by atoms with van der Waals surface area (Å²) in [6, 6.07) is 0. The number of nitrogens with zero attached hydrogens (tertiary/aromatic N) is 2. The van der Waals surface area contributed by atoms with Crippen molar-refractivity contribution in [2.75, 3.05) is 13.1 Å². The molecule has 1 aliphatic heterocycles. The molecular weight excluding hydrogens is 245 g/mol. The van der Waals surface area contributed by atoms with Gasteiger partial charge in [0.15, 0.2) is 0 Å². The smallest absolute Gasteiger partial charge is 0.108 e. The lowest BCUT2D eigenvalue weighted by molar-refractivity contribution is 0.334. The van der Waals surface area contributed by atoms with Crippen molar-refractivity contribution in [2.24, 2.45) is 5.92 Å². The second-order valence-electron chi connectivity index (χ2n) is 4.06. The molecule has 0 spiro atoms. The second-order valence-corrected chi connectivity index (χ2v) is 4.06. The summed E-state index contributed by atoms with van der Waals surface area (Å²) in [6.07, 6.45) is 7.73. The highest BCUT2D eigenvalue weighted by Gasteiger charge is 2.14. The second kappa shape index (κ2) is 7.93. The highest BCUT2D eigenvalue weighted by Crippen LogP contribution is 2.13. The van der Waals surface area contributed by atoms with Crippen molar-refractivity contribution in [3.63, 3.8) is 0 Å². The average molecular weight is 266 g/mol. The van der Waals surface area contributed by atoms with Crippen molar-refractivity contribution in [1.29, 1.82) is 0 Å². The fourth-order valence-electron chi connectivity index (χ4n) is 2.18. The first-order chi connectivity index (χ1) is 6.90. The van der Waals surface area contributed by atoms with Crippen molar-refractivity contribution in [1.82, 2.24) is 14.9 Å². The van der Waals surface area contributed by atoms with Crippen LogP contribution in [0.25, 0.3) is 0 Å². The Bertz CT molecular complexity index is 283. The molecule has 1 fully saturated rings. The summed E-state index contributed by atoms with van der Waals surface area (Å²) in [4.78, 5) is 4.34. The molecule has 2 heterocycles. The van der Waals surface area contributed by atoms with Gasteiger partial charge in [-0.15, -0.1) is 24.8 Å². The minimum atomic E-state index is 0. The van der Waals surface area contributed by atoms with Crippen LogP contribution in [0.1, 0.15) is 25.6 Å². The van der Waals surface area contributed by atoms with E-state index in [0.29, 0.717) is 0 Å². The molecule has 0 unspecified atom stereocenters. The highest BCUT2D eigenvalue weighted by molar-refractivity contribution is 5.85. The summed E-state index contributed by atoms with van der Waals surface area (Å²) in [7, 11) is 0. The van der Waals surface area contributed by atoms with E-state index in [1.807, 2.05) is 6.20 Å². The predicted molar refractivity (Wildman–Crippen MR) is 71.7 cm³/mol. The van der Waals surface area contributed by atoms with Crippen LogP contribution in [0.2, 0.25) is 0 Å². The number of hydrogen-bond acceptors (Lipinski definition) is 2. The zero-order valence-corrected chi connectivity index (χ0v) is 11.3. The van der Waals surface area contributed by atoms with Crippen LogP contribution < -0.4 is 5.32 Å². The number of aromatic nitrogens is 2. The molecule has 0 saturated carbocycles. The molecule has 1 aromatic heterocycles. The number of piperidine rings is 1. The maximum Gasteiger partial charge on any atom is 0.108 e. The van der Waals surface area contributed by atoms with E-state index in [4.69, 9.17) is 0 Å². The first-order valence-electron chi connectivity index (χ1n) is 5.61. The molecule has 1 saturated heterocycles. The van der Waals surface area contributed by atoms with Gasteiger partial charge in [0.2, 0.25) is 0 Å². The molecule has 0 amide bonds. The molecule has 1 atom stereocenters. The van der Waals surface area contributed by atoms with Gasteiger partial charge in [-0.1, -0.05) is 6.92 Å². The van der Waals surface area contributed by atoms with Gasteiger partial charge < -0.3 is 9.88 Å². The number of nitrogens with one attached hydrogen (secondary N) is 1. The molecule has 2 rings (SSSR count). The van der Waals surface area contributed by atoms with Gasteiger partial charge in [0.1, 0.15) is 5.82 Å². The molecule has 3 nitrogen and oxygen atoms in total. The van der Waals surface area contributed by atoms with E-state index in [0.717, 1.165) is 18.9 Å². The monoisotopic (exact) mass is 265 g/mol. The van der Waals surface area contributed by atoms with Gasteiger partial charge in [-0.3, -0.25) is 0 Å². The van der Waals surface area contributed by atoms with Crippen LogP contribution in [0.4, 0.5) is 0 Å². The van der Waals surface area contributed by atoms with E-state index < -0.39 is 0 Å². The van der Waals surface area contributed by atoms with E-state index >= 15 is 0 Å². The van der Waals surface area contributed by atoms with Gasteiger partial charge in [-0.2, -0.15) is 0 Å². The Labute approximate surface area is 110 Å². The number of hydrogen-bond donors (Lipinski definition) is 1. The van der Waals surface area contributed by atoms with Crippen molar-refractivity contribution >= 4 is 24.8 Å². The van der Waals surface area contributed by atoms with E-state index in [2.05, 4.69) is 28.0 Å². The standard InChI is InChI=1S/C11H19N3.2ClH/c1-2-11-13-6-7-14(11)9-10-4-3-5-12-8-10;;/h6-7,10,12H,2-5,8-9H2,1H3;2*1H/t10-;;/m1../s1. The normalized spacial score (nSPS) is 19.7. The summed E-state index contributed by atoms with van der Waals surface area (Å²) < 4.78 is 2.30. The van der Waals surface area contributed by atoms with Crippen LogP contribution in [0, 0.1) is 5.92 Å². The first kappa shape index (κ1) is 15.8. The van der Waals surface area contributed by atoms with Crippen LogP contribution >= 0.6 is 24.8 Å². The van der Waals surface area contributed by atoms with Crippen LogP contribution in [-0.2, 0) is 13.0 Å². The summed E-state index contributed by atoms with van der Waals surface area (Å²) in [5.74, 6) is 2.01. The highest BCUT2D eigenvalue weighted by atomic mass is 35.5. The third-order valence-corrected chi connectivity index (χ3v) is 2.97. The van der Waals surface area contributed by atoms with Crippen molar-refractivity contribution < 1.29 is 0 Å². The van der Waals surface area contributed by atoms with E-state index in [-0.39, 0.29) is 24.8 Å². The van der Waals surface area contributed by atoms with Gasteiger partial charge in [-0.05, 0) is 31.8 Å².